The number of amides is 4. The summed E-state index contributed by atoms with van der Waals surface area (Å²) in [5.74, 6) is -53.5. The molecule has 0 atom stereocenters. The van der Waals surface area contributed by atoms with Gasteiger partial charge in [-0.1, -0.05) is 0 Å². The van der Waals surface area contributed by atoms with Crippen LogP contribution in [0.5, 0.6) is 11.5 Å². The van der Waals surface area contributed by atoms with Gasteiger partial charge in [0.25, 0.3) is 23.6 Å². The molecular weight excluding hydrogens is 836 g/mol. The smallest absolute Gasteiger partial charge is 0.381 e. The Hall–Kier alpha value is -6.36. The molecule has 0 saturated heterocycles. The molecule has 2 aliphatic heterocycles. The van der Waals surface area contributed by atoms with Crippen LogP contribution in [0.25, 0.3) is 0 Å². The van der Waals surface area contributed by atoms with Gasteiger partial charge in [-0.05, 0) is 48.5 Å². The topological polar surface area (TPSA) is 93.2 Å². The van der Waals surface area contributed by atoms with Gasteiger partial charge in [0.05, 0.1) is 33.6 Å². The second-order valence-electron chi connectivity index (χ2n) is 12.0. The third-order valence-corrected chi connectivity index (χ3v) is 8.55. The number of hydrogen-bond acceptors (Lipinski definition) is 6. The highest BCUT2D eigenvalue weighted by molar-refractivity contribution is 6.35. The number of fused-ring (bicyclic) bond motifs is 2. The Kier molecular flexibility index (Phi) is 9.71. The van der Waals surface area contributed by atoms with Crippen molar-refractivity contribution in [1.82, 2.24) is 0 Å². The maximum Gasteiger partial charge on any atom is 0.381 e. The molecule has 4 aromatic rings. The predicted molar refractivity (Wildman–Crippen MR) is 158 cm³/mol. The van der Waals surface area contributed by atoms with Gasteiger partial charge in [-0.15, -0.1) is 0 Å². The first-order valence-electron chi connectivity index (χ1n) is 15.3. The lowest BCUT2D eigenvalue weighted by atomic mass is 9.99. The molecule has 0 aliphatic carbocycles. The van der Waals surface area contributed by atoms with Gasteiger partial charge in [0.1, 0.15) is 11.5 Å². The number of carbonyl (C=O) groups is 4. The number of halogens is 16. The molecule has 6 rings (SSSR count). The number of alkyl halides is 8. The first-order valence-corrected chi connectivity index (χ1v) is 15.3. The minimum Gasteiger partial charge on any atom is -0.487 e. The van der Waals surface area contributed by atoms with E-state index in [1.807, 2.05) is 0 Å². The number of hydrogen-bond donors (Lipinski definition) is 0. The summed E-state index contributed by atoms with van der Waals surface area (Å²) in [5.41, 5.74) is -7.39. The van der Waals surface area contributed by atoms with Crippen LogP contribution in [-0.2, 0) is 0 Å². The Labute approximate surface area is 309 Å². The Bertz CT molecular complexity index is 2180. The standard InChI is InChI=1S/C34H12F16N2O6/c35-19-15-16(20(36)24(40)23(19)39)28(54)51(27(15)53)11-1-5-13(6-2-11)57-9-31(43,44)33(47,48)34(49,50)32(45,46)10-58-14-7-3-12(4-8-14)52-29(55)17-18(30(52)56)22(38)26(42)25(41)21(17)37/h1-8H,9-10H2. The molecule has 0 unspecified atom stereocenters. The van der Waals surface area contributed by atoms with Crippen molar-refractivity contribution in [3.05, 3.63) is 117 Å². The van der Waals surface area contributed by atoms with Crippen LogP contribution >= 0.6 is 0 Å². The fourth-order valence-corrected chi connectivity index (χ4v) is 5.54. The highest BCUT2D eigenvalue weighted by Crippen LogP contribution is 2.53. The van der Waals surface area contributed by atoms with Crippen molar-refractivity contribution in [2.45, 2.75) is 23.7 Å². The predicted octanol–water partition coefficient (Wildman–Crippen LogP) is 8.40. The molecule has 2 heterocycles. The summed E-state index contributed by atoms with van der Waals surface area (Å²) in [6.07, 6.45) is 0. The summed E-state index contributed by atoms with van der Waals surface area (Å²) in [7, 11) is 0. The van der Waals surface area contributed by atoms with E-state index in [0.29, 0.717) is 48.5 Å². The largest absolute Gasteiger partial charge is 0.487 e. The lowest BCUT2D eigenvalue weighted by Crippen LogP contribution is -2.65. The van der Waals surface area contributed by atoms with Crippen LogP contribution in [0, 0.1) is 46.5 Å². The van der Waals surface area contributed by atoms with Gasteiger partial charge in [0, 0.05) is 0 Å². The van der Waals surface area contributed by atoms with Crippen molar-refractivity contribution in [3.63, 3.8) is 0 Å². The fraction of sp³-hybridized carbons (Fsp3) is 0.176. The molecule has 0 spiro atoms. The van der Waals surface area contributed by atoms with Gasteiger partial charge < -0.3 is 9.47 Å². The van der Waals surface area contributed by atoms with Gasteiger partial charge in [0.2, 0.25) is 0 Å². The quantitative estimate of drug-likeness (QED) is 0.0652. The van der Waals surface area contributed by atoms with Crippen molar-refractivity contribution in [3.8, 4) is 11.5 Å². The number of benzene rings is 4. The van der Waals surface area contributed by atoms with Crippen molar-refractivity contribution in [2.75, 3.05) is 23.0 Å². The zero-order valence-electron chi connectivity index (χ0n) is 27.4. The number of nitrogens with zero attached hydrogens (tertiary/aromatic N) is 2. The molecule has 0 fully saturated rings. The van der Waals surface area contributed by atoms with Crippen LogP contribution in [0.4, 0.5) is 81.6 Å². The Morgan fingerprint density at radius 2 is 0.603 bits per heavy atom. The lowest BCUT2D eigenvalue weighted by molar-refractivity contribution is -0.371. The molecule has 58 heavy (non-hydrogen) atoms. The molecule has 4 amide bonds. The number of carbonyl (C=O) groups excluding carboxylic acids is 4. The van der Waals surface area contributed by atoms with Crippen molar-refractivity contribution in [1.29, 1.82) is 0 Å². The van der Waals surface area contributed by atoms with E-state index in [1.165, 1.54) is 0 Å². The van der Waals surface area contributed by atoms with Gasteiger partial charge in [-0.25, -0.2) is 44.9 Å². The Balaban J connectivity index is 1.11. The van der Waals surface area contributed by atoms with Gasteiger partial charge in [-0.2, -0.15) is 35.1 Å². The minimum absolute atomic E-state index is 0.0348. The highest BCUT2D eigenvalue weighted by atomic mass is 19.4. The second kappa shape index (κ2) is 13.6. The SMILES string of the molecule is O=C1c2c(F)c(F)c(F)c(F)c2C(=O)N1c1ccc(OCC(F)(F)C(F)(F)C(F)(F)C(F)(F)COc2ccc(N3C(=O)c4c(F)c(F)c(F)c(F)c4C3=O)cc2)cc1. The maximum absolute atomic E-state index is 14.5. The average Bonchev–Trinajstić information content (AvgIpc) is 3.60. The first-order chi connectivity index (χ1) is 26.8. The van der Waals surface area contributed by atoms with E-state index in [4.69, 9.17) is 0 Å². The number of imide groups is 2. The van der Waals surface area contributed by atoms with Crippen molar-refractivity contribution < 1.29 is 98.9 Å². The second-order valence-corrected chi connectivity index (χ2v) is 12.0. The Morgan fingerprint density at radius 3 is 0.828 bits per heavy atom. The zero-order valence-corrected chi connectivity index (χ0v) is 27.4. The van der Waals surface area contributed by atoms with Gasteiger partial charge >= 0.3 is 23.7 Å². The number of rotatable bonds is 11. The summed E-state index contributed by atoms with van der Waals surface area (Å²) in [4.78, 5) is 50.1. The molecule has 2 aliphatic rings. The third-order valence-electron chi connectivity index (χ3n) is 8.55. The molecule has 0 bridgehead atoms. The summed E-state index contributed by atoms with van der Waals surface area (Å²) >= 11 is 0. The van der Waals surface area contributed by atoms with E-state index in [-0.39, 0.29) is 9.80 Å². The third kappa shape index (κ3) is 5.94. The average molecular weight is 848 g/mol. The molecule has 0 aromatic heterocycles. The van der Waals surface area contributed by atoms with E-state index in [9.17, 15) is 89.4 Å². The monoisotopic (exact) mass is 848 g/mol. The zero-order chi connectivity index (χ0) is 43.2. The lowest BCUT2D eigenvalue weighted by Gasteiger charge is -2.36. The fourth-order valence-electron chi connectivity index (χ4n) is 5.54. The molecule has 8 nitrogen and oxygen atoms in total. The minimum atomic E-state index is -6.93. The molecule has 0 saturated carbocycles. The van der Waals surface area contributed by atoms with E-state index in [0.717, 1.165) is 0 Å². The Morgan fingerprint density at radius 1 is 0.379 bits per heavy atom. The maximum atomic E-state index is 14.5. The van der Waals surface area contributed by atoms with Crippen LogP contribution < -0.4 is 19.3 Å². The molecule has 0 N–H and O–H groups in total. The van der Waals surface area contributed by atoms with E-state index in [1.54, 1.807) is 0 Å². The molecule has 4 aromatic carbocycles. The normalized spacial score (nSPS) is 14.8. The first kappa shape index (κ1) is 41.3. The van der Waals surface area contributed by atoms with Crippen LogP contribution in [-0.4, -0.2) is 60.5 Å². The summed E-state index contributed by atoms with van der Waals surface area (Å²) in [6.45, 7) is -5.47. The van der Waals surface area contributed by atoms with E-state index in [2.05, 4.69) is 9.47 Å². The van der Waals surface area contributed by atoms with Gasteiger partial charge in [0.15, 0.2) is 59.8 Å². The van der Waals surface area contributed by atoms with Crippen LogP contribution in [0.1, 0.15) is 41.4 Å². The van der Waals surface area contributed by atoms with E-state index < -0.39 is 152 Å². The van der Waals surface area contributed by atoms with Gasteiger partial charge in [-0.3, -0.25) is 19.2 Å². The molecular formula is C34H12F16N2O6. The summed E-state index contributed by atoms with van der Waals surface area (Å²) < 4.78 is 236. The summed E-state index contributed by atoms with van der Waals surface area (Å²) in [6, 6.07) is 4.40. The number of ether oxygens (including phenoxy) is 2. The highest BCUT2D eigenvalue weighted by Gasteiger charge is 2.81. The molecule has 24 heteroatoms. The van der Waals surface area contributed by atoms with Crippen molar-refractivity contribution >= 4 is 35.0 Å². The van der Waals surface area contributed by atoms with E-state index >= 15 is 0 Å². The van der Waals surface area contributed by atoms with Crippen molar-refractivity contribution in [2.24, 2.45) is 0 Å². The molecule has 0 radical (unpaired) electrons. The van der Waals surface area contributed by atoms with Crippen LogP contribution in [0.2, 0.25) is 0 Å². The number of anilines is 2. The molecule has 306 valence electrons. The summed E-state index contributed by atoms with van der Waals surface area (Å²) in [5, 5.41) is 0. The van der Waals surface area contributed by atoms with Crippen LogP contribution in [0.15, 0.2) is 48.5 Å². The van der Waals surface area contributed by atoms with Crippen LogP contribution in [0.3, 0.4) is 0 Å².